The molecule has 1 aromatic heterocycles. The zero-order chi connectivity index (χ0) is 13.1. The number of aryl methyl sites for hydroxylation is 1. The molecule has 0 spiro atoms. The van der Waals surface area contributed by atoms with Crippen LogP contribution in [-0.4, -0.2) is 26.8 Å². The first-order chi connectivity index (χ1) is 8.65. The topological polar surface area (TPSA) is 55.1 Å². The molecule has 0 amide bonds. The Balaban J connectivity index is 2.16. The third kappa shape index (κ3) is 2.59. The van der Waals surface area contributed by atoms with Crippen molar-refractivity contribution in [3.63, 3.8) is 0 Å². The van der Waals surface area contributed by atoms with E-state index < -0.39 is 6.10 Å². The molecule has 4 nitrogen and oxygen atoms in total. The van der Waals surface area contributed by atoms with Crippen LogP contribution in [0, 0.1) is 5.92 Å². The lowest BCUT2D eigenvalue weighted by Crippen LogP contribution is -2.32. The Kier molecular flexibility index (Phi) is 4.40. The molecule has 0 aliphatic heterocycles. The van der Waals surface area contributed by atoms with E-state index in [0.29, 0.717) is 17.3 Å². The van der Waals surface area contributed by atoms with Gasteiger partial charge >= 0.3 is 0 Å². The average Bonchev–Trinajstić information content (AvgIpc) is 2.79. The summed E-state index contributed by atoms with van der Waals surface area (Å²) in [4.78, 5) is 12.3. The van der Waals surface area contributed by atoms with Gasteiger partial charge < -0.3 is 5.11 Å². The number of Topliss-reactive ketones (excluding diaryl/α,β-unsaturated/α-hetero) is 1. The van der Waals surface area contributed by atoms with Crippen molar-refractivity contribution < 1.29 is 9.90 Å². The molecule has 0 aromatic carbocycles. The van der Waals surface area contributed by atoms with E-state index in [1.165, 1.54) is 12.6 Å². The predicted molar refractivity (Wildman–Crippen MR) is 69.8 cm³/mol. The van der Waals surface area contributed by atoms with Gasteiger partial charge in [-0.25, -0.2) is 0 Å². The molecule has 18 heavy (non-hydrogen) atoms. The summed E-state index contributed by atoms with van der Waals surface area (Å²) in [7, 11) is 0. The van der Waals surface area contributed by atoms with Crippen molar-refractivity contribution in [2.45, 2.75) is 51.7 Å². The largest absolute Gasteiger partial charge is 0.385 e. The molecule has 5 heteroatoms. The Morgan fingerprint density at radius 3 is 2.83 bits per heavy atom. The number of ketones is 1. The van der Waals surface area contributed by atoms with E-state index in [1.54, 1.807) is 4.68 Å². The Morgan fingerprint density at radius 2 is 2.22 bits per heavy atom. The maximum Gasteiger partial charge on any atom is 0.211 e. The third-order valence-electron chi connectivity index (χ3n) is 3.69. The van der Waals surface area contributed by atoms with Crippen LogP contribution in [0.25, 0.3) is 0 Å². The SMILES string of the molecule is CCn1ncc(Cl)c1C(=O)C(O)C1CCCCC1. The molecule has 0 saturated heterocycles. The van der Waals surface area contributed by atoms with Gasteiger partial charge in [-0.15, -0.1) is 0 Å². The van der Waals surface area contributed by atoms with Crippen molar-refractivity contribution in [1.29, 1.82) is 0 Å². The number of rotatable bonds is 4. The van der Waals surface area contributed by atoms with E-state index in [-0.39, 0.29) is 11.7 Å². The molecule has 1 aliphatic carbocycles. The molecule has 1 aromatic rings. The summed E-state index contributed by atoms with van der Waals surface area (Å²) < 4.78 is 1.55. The van der Waals surface area contributed by atoms with Crippen LogP contribution in [-0.2, 0) is 6.54 Å². The Morgan fingerprint density at radius 1 is 1.56 bits per heavy atom. The van der Waals surface area contributed by atoms with E-state index in [4.69, 9.17) is 11.6 Å². The molecule has 100 valence electrons. The number of halogens is 1. The average molecular weight is 271 g/mol. The molecular formula is C13H19ClN2O2. The van der Waals surface area contributed by atoms with Crippen molar-refractivity contribution in [2.75, 3.05) is 0 Å². The van der Waals surface area contributed by atoms with Crippen LogP contribution in [0.5, 0.6) is 0 Å². The number of hydrogen-bond donors (Lipinski definition) is 1. The predicted octanol–water partition coefficient (Wildman–Crippen LogP) is 2.68. The van der Waals surface area contributed by atoms with Crippen LogP contribution in [0.1, 0.15) is 49.5 Å². The monoisotopic (exact) mass is 270 g/mol. The normalized spacial score (nSPS) is 18.8. The smallest absolute Gasteiger partial charge is 0.211 e. The highest BCUT2D eigenvalue weighted by Gasteiger charge is 2.31. The molecule has 1 fully saturated rings. The molecule has 0 bridgehead atoms. The van der Waals surface area contributed by atoms with Crippen LogP contribution in [0.2, 0.25) is 5.02 Å². The van der Waals surface area contributed by atoms with Gasteiger partial charge in [0.1, 0.15) is 11.8 Å². The van der Waals surface area contributed by atoms with Crippen molar-refractivity contribution in [3.8, 4) is 0 Å². The Labute approximate surface area is 112 Å². The summed E-state index contributed by atoms with van der Waals surface area (Å²) in [6.45, 7) is 2.47. The molecule has 1 aliphatic rings. The summed E-state index contributed by atoms with van der Waals surface area (Å²) in [5, 5.41) is 14.6. The number of carbonyl (C=O) groups excluding carboxylic acids is 1. The number of aliphatic hydroxyl groups is 1. The first-order valence-corrected chi connectivity index (χ1v) is 6.96. The molecule has 1 heterocycles. The van der Waals surface area contributed by atoms with Crippen molar-refractivity contribution in [2.24, 2.45) is 5.92 Å². The minimum Gasteiger partial charge on any atom is -0.385 e. The lowest BCUT2D eigenvalue weighted by atomic mass is 9.83. The summed E-state index contributed by atoms with van der Waals surface area (Å²) in [5.41, 5.74) is 0.345. The fraction of sp³-hybridized carbons (Fsp3) is 0.692. The van der Waals surface area contributed by atoms with Crippen molar-refractivity contribution >= 4 is 17.4 Å². The van der Waals surface area contributed by atoms with E-state index >= 15 is 0 Å². The molecule has 1 N–H and O–H groups in total. The molecule has 1 saturated carbocycles. The van der Waals surface area contributed by atoms with Gasteiger partial charge in [-0.3, -0.25) is 9.48 Å². The highest BCUT2D eigenvalue weighted by molar-refractivity contribution is 6.33. The maximum absolute atomic E-state index is 12.3. The minimum absolute atomic E-state index is 0.0718. The summed E-state index contributed by atoms with van der Waals surface area (Å²) in [6, 6.07) is 0. The first-order valence-electron chi connectivity index (χ1n) is 6.58. The molecular weight excluding hydrogens is 252 g/mol. The Hall–Kier alpha value is -0.870. The van der Waals surface area contributed by atoms with Crippen LogP contribution in [0.3, 0.4) is 0 Å². The number of carbonyl (C=O) groups is 1. The molecule has 1 unspecified atom stereocenters. The van der Waals surface area contributed by atoms with E-state index in [0.717, 1.165) is 25.7 Å². The summed E-state index contributed by atoms with van der Waals surface area (Å²) in [5.74, 6) is -0.214. The van der Waals surface area contributed by atoms with Gasteiger partial charge in [0, 0.05) is 6.54 Å². The summed E-state index contributed by atoms with van der Waals surface area (Å²) >= 11 is 5.99. The quantitative estimate of drug-likeness (QED) is 0.856. The van der Waals surface area contributed by atoms with Gasteiger partial charge in [-0.05, 0) is 25.7 Å². The number of aromatic nitrogens is 2. The lowest BCUT2D eigenvalue weighted by molar-refractivity contribution is 0.0524. The van der Waals surface area contributed by atoms with Gasteiger partial charge in [0.05, 0.1) is 11.2 Å². The number of aliphatic hydroxyl groups excluding tert-OH is 1. The zero-order valence-electron chi connectivity index (χ0n) is 10.6. The fourth-order valence-electron chi connectivity index (χ4n) is 2.65. The van der Waals surface area contributed by atoms with Gasteiger partial charge in [0.2, 0.25) is 5.78 Å². The van der Waals surface area contributed by atoms with Gasteiger partial charge in [0.25, 0.3) is 0 Å². The minimum atomic E-state index is -0.940. The highest BCUT2D eigenvalue weighted by Crippen LogP contribution is 2.29. The summed E-state index contributed by atoms with van der Waals surface area (Å²) in [6.07, 6.45) is 5.75. The third-order valence-corrected chi connectivity index (χ3v) is 3.97. The number of hydrogen-bond acceptors (Lipinski definition) is 3. The molecule has 1 atom stereocenters. The lowest BCUT2D eigenvalue weighted by Gasteiger charge is -2.25. The van der Waals surface area contributed by atoms with E-state index in [9.17, 15) is 9.90 Å². The van der Waals surface area contributed by atoms with E-state index in [2.05, 4.69) is 5.10 Å². The van der Waals surface area contributed by atoms with Crippen LogP contribution in [0.15, 0.2) is 6.20 Å². The standard InChI is InChI=1S/C13H19ClN2O2/c1-2-16-11(10(14)8-15-16)13(18)12(17)9-6-4-3-5-7-9/h8-9,12,17H,2-7H2,1H3. The fourth-order valence-corrected chi connectivity index (χ4v) is 2.89. The first kappa shape index (κ1) is 13.6. The van der Waals surface area contributed by atoms with Crippen LogP contribution >= 0.6 is 11.6 Å². The highest BCUT2D eigenvalue weighted by atomic mass is 35.5. The van der Waals surface area contributed by atoms with Crippen molar-refractivity contribution in [3.05, 3.63) is 16.9 Å². The van der Waals surface area contributed by atoms with Crippen LogP contribution in [0.4, 0.5) is 0 Å². The molecule has 0 radical (unpaired) electrons. The number of nitrogens with zero attached hydrogens (tertiary/aromatic N) is 2. The second-order valence-electron chi connectivity index (χ2n) is 4.86. The second-order valence-corrected chi connectivity index (χ2v) is 5.27. The van der Waals surface area contributed by atoms with Gasteiger partial charge in [-0.1, -0.05) is 30.9 Å². The maximum atomic E-state index is 12.3. The second kappa shape index (κ2) is 5.85. The Bertz CT molecular complexity index is 425. The van der Waals surface area contributed by atoms with Gasteiger partial charge in [-0.2, -0.15) is 5.10 Å². The van der Waals surface area contributed by atoms with Crippen molar-refractivity contribution in [1.82, 2.24) is 9.78 Å². The zero-order valence-corrected chi connectivity index (χ0v) is 11.4. The van der Waals surface area contributed by atoms with E-state index in [1.807, 2.05) is 6.92 Å². The van der Waals surface area contributed by atoms with Crippen LogP contribution < -0.4 is 0 Å². The molecule has 2 rings (SSSR count). The van der Waals surface area contributed by atoms with Gasteiger partial charge in [0.15, 0.2) is 0 Å².